The highest BCUT2D eigenvalue weighted by Crippen LogP contribution is 2.09. The Morgan fingerprint density at radius 1 is 0.833 bits per heavy atom. The molecule has 18 heavy (non-hydrogen) atoms. The first kappa shape index (κ1) is 16.6. The number of hydrogen-bond donors (Lipinski definition) is 0. The van der Waals surface area contributed by atoms with Crippen LogP contribution in [0, 0.1) is 0 Å². The molecule has 0 aromatic rings. The van der Waals surface area contributed by atoms with Gasteiger partial charge in [-0.25, -0.2) is 4.79 Å². The number of esters is 1. The summed E-state index contributed by atoms with van der Waals surface area (Å²) >= 11 is 0. The summed E-state index contributed by atoms with van der Waals surface area (Å²) in [7, 11) is 0. The van der Waals surface area contributed by atoms with E-state index in [9.17, 15) is 9.59 Å². The molecule has 0 aliphatic heterocycles. The zero-order valence-electron chi connectivity index (χ0n) is 11.2. The van der Waals surface area contributed by atoms with Gasteiger partial charge in [-0.1, -0.05) is 45.3 Å². The monoisotopic (exact) mass is 252 g/mol. The van der Waals surface area contributed by atoms with Crippen molar-refractivity contribution in [2.24, 2.45) is 0 Å². The van der Waals surface area contributed by atoms with Gasteiger partial charge in [0, 0.05) is 12.5 Å². The molecule has 0 N–H and O–H groups in total. The standard InChI is InChI=1S/C15H24O3/c1-3-14(16)12-10-8-6-5-7-9-11-13-18-15(17)4-2/h3-4H,1-2,5-13H2. The fraction of sp³-hybridized carbons (Fsp3) is 0.600. The van der Waals surface area contributed by atoms with Crippen LogP contribution in [0.1, 0.15) is 51.4 Å². The van der Waals surface area contributed by atoms with E-state index in [1.807, 2.05) is 0 Å². The van der Waals surface area contributed by atoms with E-state index < -0.39 is 0 Å². The van der Waals surface area contributed by atoms with Crippen molar-refractivity contribution in [1.82, 2.24) is 0 Å². The summed E-state index contributed by atoms with van der Waals surface area (Å²) in [5.41, 5.74) is 0. The maximum atomic E-state index is 10.9. The number of rotatable bonds is 12. The first-order valence-electron chi connectivity index (χ1n) is 6.65. The lowest BCUT2D eigenvalue weighted by Gasteiger charge is -2.02. The van der Waals surface area contributed by atoms with Crippen LogP contribution in [-0.2, 0) is 14.3 Å². The first-order valence-corrected chi connectivity index (χ1v) is 6.65. The van der Waals surface area contributed by atoms with Crippen LogP contribution in [0.5, 0.6) is 0 Å². The Morgan fingerprint density at radius 2 is 1.39 bits per heavy atom. The second-order valence-electron chi connectivity index (χ2n) is 4.27. The Kier molecular flexibility index (Phi) is 11.2. The molecule has 0 amide bonds. The van der Waals surface area contributed by atoms with Crippen molar-refractivity contribution < 1.29 is 14.3 Å². The van der Waals surface area contributed by atoms with Crippen molar-refractivity contribution in [3.63, 3.8) is 0 Å². The second-order valence-corrected chi connectivity index (χ2v) is 4.27. The Labute approximate surface area is 110 Å². The number of carbonyl (C=O) groups is 2. The number of hydrogen-bond acceptors (Lipinski definition) is 3. The molecule has 0 atom stereocenters. The van der Waals surface area contributed by atoms with Crippen LogP contribution >= 0.6 is 0 Å². The zero-order valence-corrected chi connectivity index (χ0v) is 11.2. The molecule has 0 saturated heterocycles. The molecule has 0 unspecified atom stereocenters. The number of carbonyl (C=O) groups excluding carboxylic acids is 2. The van der Waals surface area contributed by atoms with Gasteiger partial charge in [0.25, 0.3) is 0 Å². The molecule has 0 rings (SSSR count). The van der Waals surface area contributed by atoms with Gasteiger partial charge in [0.05, 0.1) is 6.61 Å². The van der Waals surface area contributed by atoms with Gasteiger partial charge >= 0.3 is 5.97 Å². The number of ketones is 1. The highest BCUT2D eigenvalue weighted by atomic mass is 16.5. The Bertz CT molecular complexity index is 241. The fourth-order valence-electron chi connectivity index (χ4n) is 1.62. The molecule has 0 bridgehead atoms. The SMILES string of the molecule is C=CC(=O)CCCCCCCCCOC(=O)C=C. The molecule has 0 spiro atoms. The molecular weight excluding hydrogens is 228 g/mol. The van der Waals surface area contributed by atoms with Gasteiger partial charge in [-0.15, -0.1) is 0 Å². The van der Waals surface area contributed by atoms with Gasteiger partial charge in [-0.2, -0.15) is 0 Å². The van der Waals surface area contributed by atoms with Gasteiger partial charge in [-0.05, 0) is 18.9 Å². The molecule has 0 heterocycles. The van der Waals surface area contributed by atoms with E-state index in [0.717, 1.165) is 38.5 Å². The summed E-state index contributed by atoms with van der Waals surface area (Å²) in [6.45, 7) is 7.26. The lowest BCUT2D eigenvalue weighted by atomic mass is 10.1. The van der Waals surface area contributed by atoms with Crippen molar-refractivity contribution in [2.75, 3.05) is 6.61 Å². The average molecular weight is 252 g/mol. The van der Waals surface area contributed by atoms with E-state index in [2.05, 4.69) is 13.2 Å². The van der Waals surface area contributed by atoms with Crippen LogP contribution in [0.25, 0.3) is 0 Å². The lowest BCUT2D eigenvalue weighted by Crippen LogP contribution is -2.01. The zero-order chi connectivity index (χ0) is 13.6. The molecular formula is C15H24O3. The topological polar surface area (TPSA) is 43.4 Å². The maximum absolute atomic E-state index is 10.9. The summed E-state index contributed by atoms with van der Waals surface area (Å²) in [4.78, 5) is 21.7. The van der Waals surface area contributed by atoms with Gasteiger partial charge in [0.1, 0.15) is 0 Å². The smallest absolute Gasteiger partial charge is 0.330 e. The molecule has 0 radical (unpaired) electrons. The summed E-state index contributed by atoms with van der Waals surface area (Å²) in [5.74, 6) is -0.207. The van der Waals surface area contributed by atoms with Crippen molar-refractivity contribution in [3.8, 4) is 0 Å². The molecule has 3 nitrogen and oxygen atoms in total. The van der Waals surface area contributed by atoms with Gasteiger partial charge < -0.3 is 4.74 Å². The summed E-state index contributed by atoms with van der Waals surface area (Å²) in [6, 6.07) is 0. The third-order valence-corrected chi connectivity index (χ3v) is 2.71. The molecule has 0 aromatic heterocycles. The van der Waals surface area contributed by atoms with E-state index in [4.69, 9.17) is 4.74 Å². The van der Waals surface area contributed by atoms with Crippen LogP contribution in [0.4, 0.5) is 0 Å². The van der Waals surface area contributed by atoms with E-state index in [1.54, 1.807) is 0 Å². The van der Waals surface area contributed by atoms with E-state index in [-0.39, 0.29) is 11.8 Å². The number of unbranched alkanes of at least 4 members (excludes halogenated alkanes) is 6. The molecule has 0 saturated carbocycles. The van der Waals surface area contributed by atoms with Crippen LogP contribution in [0.2, 0.25) is 0 Å². The van der Waals surface area contributed by atoms with Crippen molar-refractivity contribution in [1.29, 1.82) is 0 Å². The average Bonchev–Trinajstić information content (AvgIpc) is 2.40. The first-order chi connectivity index (χ1) is 8.70. The minimum atomic E-state index is -0.345. The Morgan fingerprint density at radius 3 is 1.94 bits per heavy atom. The summed E-state index contributed by atoms with van der Waals surface area (Å²) in [5, 5.41) is 0. The highest BCUT2D eigenvalue weighted by molar-refractivity contribution is 5.88. The fourth-order valence-corrected chi connectivity index (χ4v) is 1.62. The van der Waals surface area contributed by atoms with Gasteiger partial charge in [-0.3, -0.25) is 4.79 Å². The summed E-state index contributed by atoms with van der Waals surface area (Å²) < 4.78 is 4.87. The van der Waals surface area contributed by atoms with Crippen LogP contribution in [0.15, 0.2) is 25.3 Å². The molecule has 102 valence electrons. The minimum Gasteiger partial charge on any atom is -0.463 e. The van der Waals surface area contributed by atoms with Crippen LogP contribution in [0.3, 0.4) is 0 Å². The highest BCUT2D eigenvalue weighted by Gasteiger charge is 1.97. The molecule has 0 aliphatic carbocycles. The van der Waals surface area contributed by atoms with Crippen molar-refractivity contribution in [3.05, 3.63) is 25.3 Å². The van der Waals surface area contributed by atoms with E-state index in [1.165, 1.54) is 18.6 Å². The number of allylic oxidation sites excluding steroid dienone is 1. The number of ether oxygens (including phenoxy) is 1. The predicted molar refractivity (Wildman–Crippen MR) is 73.3 cm³/mol. The van der Waals surface area contributed by atoms with Crippen molar-refractivity contribution >= 4 is 11.8 Å². The Hall–Kier alpha value is -1.38. The molecule has 0 aromatic carbocycles. The third-order valence-electron chi connectivity index (χ3n) is 2.71. The maximum Gasteiger partial charge on any atom is 0.330 e. The van der Waals surface area contributed by atoms with Crippen LogP contribution < -0.4 is 0 Å². The third kappa shape index (κ3) is 11.1. The lowest BCUT2D eigenvalue weighted by molar-refractivity contribution is -0.137. The minimum absolute atomic E-state index is 0.138. The predicted octanol–water partition coefficient (Wildman–Crippen LogP) is 3.59. The summed E-state index contributed by atoms with van der Waals surface area (Å²) in [6.07, 6.45) is 10.8. The molecule has 3 heteroatoms. The van der Waals surface area contributed by atoms with Gasteiger partial charge in [0.15, 0.2) is 5.78 Å². The van der Waals surface area contributed by atoms with Crippen molar-refractivity contribution in [2.45, 2.75) is 51.4 Å². The Balaban J connectivity index is 3.12. The van der Waals surface area contributed by atoms with Gasteiger partial charge in [0.2, 0.25) is 0 Å². The van der Waals surface area contributed by atoms with E-state index in [0.29, 0.717) is 13.0 Å². The quantitative estimate of drug-likeness (QED) is 0.303. The van der Waals surface area contributed by atoms with Crippen LogP contribution in [-0.4, -0.2) is 18.4 Å². The molecule has 0 fully saturated rings. The second kappa shape index (κ2) is 12.1. The normalized spacial score (nSPS) is 9.78. The van der Waals surface area contributed by atoms with E-state index >= 15 is 0 Å². The molecule has 0 aliphatic rings. The largest absolute Gasteiger partial charge is 0.463 e.